The number of nitrogens with zero attached hydrogens (tertiary/aromatic N) is 1. The van der Waals surface area contributed by atoms with Crippen LogP contribution in [0.3, 0.4) is 0 Å². The third-order valence-corrected chi connectivity index (χ3v) is 6.00. The highest BCUT2D eigenvalue weighted by Crippen LogP contribution is 2.18. The van der Waals surface area contributed by atoms with Gasteiger partial charge in [-0.1, -0.05) is 12.0 Å². The largest absolute Gasteiger partial charge is 0.352 e. The molecule has 0 spiro atoms. The fourth-order valence-corrected chi connectivity index (χ4v) is 4.08. The number of piperidine rings is 1. The second-order valence-corrected chi connectivity index (χ2v) is 8.63. The Kier molecular flexibility index (Phi) is 7.21. The molecule has 0 saturated carbocycles. The predicted molar refractivity (Wildman–Crippen MR) is 102 cm³/mol. The van der Waals surface area contributed by atoms with Crippen LogP contribution in [-0.2, 0) is 10.0 Å². The van der Waals surface area contributed by atoms with Gasteiger partial charge in [0.1, 0.15) is 0 Å². The molecular weight excluding hydrogens is 350 g/mol. The highest BCUT2D eigenvalue weighted by Gasteiger charge is 2.22. The molecule has 1 fully saturated rings. The Labute approximate surface area is 156 Å². The lowest BCUT2D eigenvalue weighted by Gasteiger charge is -2.35. The second-order valence-electron chi connectivity index (χ2n) is 6.86. The molecule has 0 bridgehead atoms. The Balaban J connectivity index is 1.98. The molecule has 0 unspecified atom stereocenters. The van der Waals surface area contributed by atoms with E-state index in [1.807, 2.05) is 0 Å². The molecule has 0 aliphatic carbocycles. The molecular formula is C19H27N3O3S. The molecule has 1 atom stereocenters. The Morgan fingerprint density at radius 3 is 2.88 bits per heavy atom. The lowest BCUT2D eigenvalue weighted by molar-refractivity contribution is 0.0922. The zero-order valence-corrected chi connectivity index (χ0v) is 16.2. The number of hydrogen-bond acceptors (Lipinski definition) is 4. The van der Waals surface area contributed by atoms with E-state index in [0.717, 1.165) is 25.9 Å². The van der Waals surface area contributed by atoms with E-state index in [1.54, 1.807) is 12.1 Å². The minimum absolute atomic E-state index is 0.0315. The first kappa shape index (κ1) is 20.4. The van der Waals surface area contributed by atoms with Crippen molar-refractivity contribution in [2.45, 2.75) is 37.6 Å². The van der Waals surface area contributed by atoms with E-state index in [2.05, 4.69) is 34.7 Å². The Morgan fingerprint density at radius 1 is 1.42 bits per heavy atom. The Morgan fingerprint density at radius 2 is 2.19 bits per heavy atom. The van der Waals surface area contributed by atoms with Crippen molar-refractivity contribution in [1.29, 1.82) is 0 Å². The van der Waals surface area contributed by atoms with Crippen molar-refractivity contribution in [3.05, 3.63) is 29.8 Å². The predicted octanol–water partition coefficient (Wildman–Crippen LogP) is 1.45. The van der Waals surface area contributed by atoms with E-state index in [-0.39, 0.29) is 17.3 Å². The topological polar surface area (TPSA) is 78.5 Å². The van der Waals surface area contributed by atoms with Gasteiger partial charge in [0.2, 0.25) is 10.0 Å². The van der Waals surface area contributed by atoms with Crippen LogP contribution in [0.25, 0.3) is 0 Å². The second kappa shape index (κ2) is 9.17. The van der Waals surface area contributed by atoms with Gasteiger partial charge >= 0.3 is 0 Å². The van der Waals surface area contributed by atoms with Crippen LogP contribution in [0, 0.1) is 18.3 Å². The monoisotopic (exact) mass is 377 g/mol. The summed E-state index contributed by atoms with van der Waals surface area (Å²) < 4.78 is 26.5. The SMILES string of the molecule is C#CCNS(=O)(=O)c1cccc(C(=O)NC[C@@H]2CCCN(C(C)C)C2)c1. The number of carbonyl (C=O) groups is 1. The molecule has 142 valence electrons. The van der Waals surface area contributed by atoms with Gasteiger partial charge in [-0.15, -0.1) is 6.42 Å². The van der Waals surface area contributed by atoms with Crippen LogP contribution < -0.4 is 10.0 Å². The van der Waals surface area contributed by atoms with Crippen molar-refractivity contribution in [1.82, 2.24) is 14.9 Å². The maximum atomic E-state index is 12.4. The molecule has 2 rings (SSSR count). The molecule has 26 heavy (non-hydrogen) atoms. The van der Waals surface area contributed by atoms with Crippen LogP contribution in [0.15, 0.2) is 29.2 Å². The van der Waals surface area contributed by atoms with Gasteiger partial charge in [0.25, 0.3) is 5.91 Å². The lowest BCUT2D eigenvalue weighted by atomic mass is 9.97. The third-order valence-electron chi connectivity index (χ3n) is 4.60. The molecule has 7 heteroatoms. The molecule has 1 saturated heterocycles. The standard InChI is InChI=1S/C19H27N3O3S/c1-4-10-21-26(24,25)18-9-5-8-17(12-18)19(23)20-13-16-7-6-11-22(14-16)15(2)3/h1,5,8-9,12,15-16,21H,6-7,10-11,13-14H2,2-3H3,(H,20,23)/t16-/m0/s1. The van der Waals surface area contributed by atoms with Gasteiger partial charge in [-0.2, -0.15) is 4.72 Å². The van der Waals surface area contributed by atoms with Gasteiger partial charge in [0, 0.05) is 24.7 Å². The Bertz CT molecular complexity index is 768. The summed E-state index contributed by atoms with van der Waals surface area (Å²) in [4.78, 5) is 14.9. The van der Waals surface area contributed by atoms with Crippen molar-refractivity contribution < 1.29 is 13.2 Å². The molecule has 0 aromatic heterocycles. The Hall–Kier alpha value is -1.88. The highest BCUT2D eigenvalue weighted by molar-refractivity contribution is 7.89. The number of sulfonamides is 1. The lowest BCUT2D eigenvalue weighted by Crippen LogP contribution is -2.43. The van der Waals surface area contributed by atoms with Crippen LogP contribution in [0.5, 0.6) is 0 Å². The van der Waals surface area contributed by atoms with Gasteiger partial charge in [-0.05, 0) is 57.4 Å². The number of likely N-dealkylation sites (tertiary alicyclic amines) is 1. The summed E-state index contributed by atoms with van der Waals surface area (Å²) in [5.41, 5.74) is 0.324. The van der Waals surface area contributed by atoms with Gasteiger partial charge < -0.3 is 10.2 Å². The zero-order valence-electron chi connectivity index (χ0n) is 15.4. The maximum Gasteiger partial charge on any atom is 0.251 e. The van der Waals surface area contributed by atoms with Crippen molar-refractivity contribution >= 4 is 15.9 Å². The molecule has 1 aromatic carbocycles. The number of carbonyl (C=O) groups excluding carboxylic acids is 1. The average Bonchev–Trinajstić information content (AvgIpc) is 2.64. The molecule has 1 aromatic rings. The van der Waals surface area contributed by atoms with E-state index in [1.165, 1.54) is 12.1 Å². The van der Waals surface area contributed by atoms with E-state index >= 15 is 0 Å². The van der Waals surface area contributed by atoms with Crippen molar-refractivity contribution in [2.24, 2.45) is 5.92 Å². The van der Waals surface area contributed by atoms with Crippen molar-refractivity contribution in [3.63, 3.8) is 0 Å². The van der Waals surface area contributed by atoms with Crippen LogP contribution >= 0.6 is 0 Å². The van der Waals surface area contributed by atoms with Gasteiger partial charge in [-0.25, -0.2) is 8.42 Å². The molecule has 1 heterocycles. The van der Waals surface area contributed by atoms with Gasteiger partial charge in [-0.3, -0.25) is 4.79 Å². The molecule has 1 aliphatic rings. The normalized spacial score (nSPS) is 18.5. The number of nitrogens with one attached hydrogen (secondary N) is 2. The maximum absolute atomic E-state index is 12.4. The average molecular weight is 378 g/mol. The molecule has 1 amide bonds. The first-order chi connectivity index (χ1) is 12.3. The van der Waals surface area contributed by atoms with Crippen LogP contribution in [-0.4, -0.2) is 51.4 Å². The van der Waals surface area contributed by atoms with Crippen molar-refractivity contribution in [3.8, 4) is 12.3 Å². The fraction of sp³-hybridized carbons (Fsp3) is 0.526. The molecule has 1 aliphatic heterocycles. The summed E-state index contributed by atoms with van der Waals surface area (Å²) in [6, 6.07) is 6.48. The third kappa shape index (κ3) is 5.56. The first-order valence-corrected chi connectivity index (χ1v) is 10.4. The van der Waals surface area contributed by atoms with Crippen molar-refractivity contribution in [2.75, 3.05) is 26.2 Å². The molecule has 2 N–H and O–H groups in total. The summed E-state index contributed by atoms with van der Waals surface area (Å²) >= 11 is 0. The summed E-state index contributed by atoms with van der Waals surface area (Å²) in [5.74, 6) is 2.38. The van der Waals surface area contributed by atoms with Crippen LogP contribution in [0.4, 0.5) is 0 Å². The molecule has 6 nitrogen and oxygen atoms in total. The quantitative estimate of drug-likeness (QED) is 0.705. The van der Waals surface area contributed by atoms with Gasteiger partial charge in [0.15, 0.2) is 0 Å². The number of amides is 1. The summed E-state index contributed by atoms with van der Waals surface area (Å²) in [6.45, 7) is 6.94. The summed E-state index contributed by atoms with van der Waals surface area (Å²) in [7, 11) is -3.71. The first-order valence-electron chi connectivity index (χ1n) is 8.89. The summed E-state index contributed by atoms with van der Waals surface area (Å²) in [6.07, 6.45) is 7.31. The van der Waals surface area contributed by atoms with E-state index in [4.69, 9.17) is 6.42 Å². The number of hydrogen-bond donors (Lipinski definition) is 2. The van der Waals surface area contributed by atoms with Gasteiger partial charge in [0.05, 0.1) is 11.4 Å². The zero-order chi connectivity index (χ0) is 19.2. The van der Waals surface area contributed by atoms with Crippen LogP contribution in [0.1, 0.15) is 37.0 Å². The number of terminal acetylenes is 1. The summed E-state index contributed by atoms with van der Waals surface area (Å²) in [5, 5.41) is 2.94. The molecule has 0 radical (unpaired) electrons. The van der Waals surface area contributed by atoms with E-state index in [0.29, 0.717) is 24.1 Å². The smallest absolute Gasteiger partial charge is 0.251 e. The number of benzene rings is 1. The number of rotatable bonds is 7. The highest BCUT2D eigenvalue weighted by atomic mass is 32.2. The van der Waals surface area contributed by atoms with E-state index in [9.17, 15) is 13.2 Å². The minimum atomic E-state index is -3.71. The van der Waals surface area contributed by atoms with E-state index < -0.39 is 10.0 Å². The minimum Gasteiger partial charge on any atom is -0.352 e. The van der Waals surface area contributed by atoms with Crippen LogP contribution in [0.2, 0.25) is 0 Å². The fourth-order valence-electron chi connectivity index (χ4n) is 3.10.